The van der Waals surface area contributed by atoms with Crippen LogP contribution in [0.2, 0.25) is 0 Å². The molecule has 0 unspecified atom stereocenters. The minimum atomic E-state index is -0.772. The van der Waals surface area contributed by atoms with Gasteiger partial charge in [0.2, 0.25) is 5.91 Å². The number of thiophene rings is 1. The molecular weight excluding hydrogens is 608 g/mol. The molecule has 1 atom stereocenters. The normalized spacial score (nSPS) is 14.6. The SMILES string of the molecule is C=CC(=O)N1CCn2nc(-c3nc(-c4ccc(CN(C)C)cc4)c4ccsc4c3-c3c(F)cc(F)cc3OCCOC)cc2[C@H]1C. The van der Waals surface area contributed by atoms with E-state index in [0.717, 1.165) is 45.2 Å². The second kappa shape index (κ2) is 13.1. The van der Waals surface area contributed by atoms with Crippen LogP contribution >= 0.6 is 11.3 Å². The number of carbonyl (C=O) groups excluding carboxylic acids is 1. The fourth-order valence-electron chi connectivity index (χ4n) is 5.97. The third kappa shape index (κ3) is 5.93. The lowest BCUT2D eigenvalue weighted by atomic mass is 9.96. The maximum absolute atomic E-state index is 16.0. The topological polar surface area (TPSA) is 72.7 Å². The van der Waals surface area contributed by atoms with Gasteiger partial charge in [-0.15, -0.1) is 11.3 Å². The molecule has 5 aromatic rings. The maximum Gasteiger partial charge on any atom is 0.246 e. The zero-order valence-corrected chi connectivity index (χ0v) is 27.0. The molecule has 1 aliphatic heterocycles. The average Bonchev–Trinajstić information content (AvgIpc) is 3.69. The number of aromatic nitrogens is 3. The molecule has 238 valence electrons. The Morgan fingerprint density at radius 3 is 2.59 bits per heavy atom. The number of amides is 1. The monoisotopic (exact) mass is 643 g/mol. The van der Waals surface area contributed by atoms with Crippen LogP contribution in [0.15, 0.2) is 66.6 Å². The molecule has 0 spiro atoms. The Balaban J connectivity index is 1.60. The van der Waals surface area contributed by atoms with E-state index < -0.39 is 11.6 Å². The zero-order chi connectivity index (χ0) is 32.5. The van der Waals surface area contributed by atoms with Crippen LogP contribution in [0.5, 0.6) is 5.75 Å². The lowest BCUT2D eigenvalue weighted by molar-refractivity contribution is -0.129. The lowest BCUT2D eigenvalue weighted by Crippen LogP contribution is -2.40. The second-order valence-electron chi connectivity index (χ2n) is 11.5. The van der Waals surface area contributed by atoms with Crippen LogP contribution in [-0.4, -0.2) is 71.4 Å². The summed E-state index contributed by atoms with van der Waals surface area (Å²) in [6, 6.07) is 13.9. The number of carbonyl (C=O) groups is 1. The Bertz CT molecular complexity index is 1920. The van der Waals surface area contributed by atoms with E-state index in [0.29, 0.717) is 30.0 Å². The van der Waals surface area contributed by atoms with Crippen molar-refractivity contribution >= 4 is 27.3 Å². The highest BCUT2D eigenvalue weighted by Gasteiger charge is 2.31. The van der Waals surface area contributed by atoms with E-state index in [1.807, 2.05) is 55.3 Å². The first-order chi connectivity index (χ1) is 22.2. The Labute approximate surface area is 270 Å². The Morgan fingerprint density at radius 2 is 1.87 bits per heavy atom. The predicted molar refractivity (Wildman–Crippen MR) is 177 cm³/mol. The molecule has 2 aromatic carbocycles. The summed E-state index contributed by atoms with van der Waals surface area (Å²) >= 11 is 1.44. The predicted octanol–water partition coefficient (Wildman–Crippen LogP) is 6.95. The van der Waals surface area contributed by atoms with Crippen LogP contribution in [0.3, 0.4) is 0 Å². The van der Waals surface area contributed by atoms with Crippen molar-refractivity contribution in [3.05, 3.63) is 89.5 Å². The summed E-state index contributed by atoms with van der Waals surface area (Å²) in [6.45, 7) is 7.68. The van der Waals surface area contributed by atoms with Gasteiger partial charge in [-0.25, -0.2) is 13.8 Å². The van der Waals surface area contributed by atoms with Crippen molar-refractivity contribution in [3.8, 4) is 39.5 Å². The summed E-state index contributed by atoms with van der Waals surface area (Å²) in [5.74, 6) is -1.64. The first-order valence-corrected chi connectivity index (χ1v) is 15.9. The van der Waals surface area contributed by atoms with E-state index in [1.165, 1.54) is 30.6 Å². The van der Waals surface area contributed by atoms with Crippen molar-refractivity contribution in [1.29, 1.82) is 0 Å². The molecule has 0 saturated carbocycles. The second-order valence-corrected chi connectivity index (χ2v) is 12.4. The van der Waals surface area contributed by atoms with Gasteiger partial charge in [-0.05, 0) is 50.2 Å². The summed E-state index contributed by atoms with van der Waals surface area (Å²) in [7, 11) is 5.58. The molecule has 11 heteroatoms. The standard InChI is InChI=1S/C35H35F2N5O3S/c1-6-30(43)41-12-13-42-28(21(41)2)19-27(39-42)34-32(31-26(37)17-24(36)18-29(31)45-15-14-44-5)35-25(11-16-46-35)33(38-34)23-9-7-22(8-10-23)20-40(3)4/h6-11,16-19,21H,1,12-15,20H2,2-5H3/t21-/m1/s1. The van der Waals surface area contributed by atoms with Crippen molar-refractivity contribution in [2.24, 2.45) is 0 Å². The Morgan fingerprint density at radius 1 is 1.09 bits per heavy atom. The number of methoxy groups -OCH3 is 1. The molecule has 1 amide bonds. The van der Waals surface area contributed by atoms with Crippen molar-refractivity contribution in [3.63, 3.8) is 0 Å². The first kappa shape index (κ1) is 31.5. The van der Waals surface area contributed by atoms with Crippen LogP contribution in [0.25, 0.3) is 43.9 Å². The molecule has 1 aliphatic rings. The van der Waals surface area contributed by atoms with E-state index in [1.54, 1.807) is 4.90 Å². The van der Waals surface area contributed by atoms with Gasteiger partial charge in [0.05, 0.1) is 36.1 Å². The summed E-state index contributed by atoms with van der Waals surface area (Å²) in [5.41, 5.74) is 5.10. The zero-order valence-electron chi connectivity index (χ0n) is 26.2. The van der Waals surface area contributed by atoms with E-state index >= 15 is 4.39 Å². The van der Waals surface area contributed by atoms with Gasteiger partial charge in [0.1, 0.15) is 35.4 Å². The summed E-state index contributed by atoms with van der Waals surface area (Å²) in [6.07, 6.45) is 1.31. The van der Waals surface area contributed by atoms with Crippen LogP contribution in [0.4, 0.5) is 8.78 Å². The molecule has 0 fully saturated rings. The Kier molecular flexibility index (Phi) is 8.99. The average molecular weight is 644 g/mol. The smallest absolute Gasteiger partial charge is 0.246 e. The summed E-state index contributed by atoms with van der Waals surface area (Å²) < 4.78 is 44.3. The van der Waals surface area contributed by atoms with Gasteiger partial charge >= 0.3 is 0 Å². The van der Waals surface area contributed by atoms with Gasteiger partial charge in [-0.3, -0.25) is 9.48 Å². The van der Waals surface area contributed by atoms with Gasteiger partial charge in [-0.1, -0.05) is 30.8 Å². The van der Waals surface area contributed by atoms with Gasteiger partial charge in [0, 0.05) is 53.5 Å². The third-order valence-electron chi connectivity index (χ3n) is 8.11. The van der Waals surface area contributed by atoms with Crippen LogP contribution in [0.1, 0.15) is 24.2 Å². The highest BCUT2D eigenvalue weighted by atomic mass is 32.1. The fourth-order valence-corrected chi connectivity index (χ4v) is 6.92. The Hall–Kier alpha value is -4.45. The number of fused-ring (bicyclic) bond motifs is 2. The van der Waals surface area contributed by atoms with E-state index in [9.17, 15) is 9.18 Å². The van der Waals surface area contributed by atoms with Crippen molar-refractivity contribution in [2.45, 2.75) is 26.1 Å². The van der Waals surface area contributed by atoms with Crippen LogP contribution in [0, 0.1) is 11.6 Å². The van der Waals surface area contributed by atoms with Gasteiger partial charge in [-0.2, -0.15) is 5.10 Å². The number of hydrogen-bond donors (Lipinski definition) is 0. The van der Waals surface area contributed by atoms with E-state index in [2.05, 4.69) is 23.6 Å². The molecule has 6 rings (SSSR count). The summed E-state index contributed by atoms with van der Waals surface area (Å²) in [4.78, 5) is 21.6. The number of rotatable bonds is 10. The van der Waals surface area contributed by atoms with Gasteiger partial charge in [0.25, 0.3) is 0 Å². The molecule has 3 aromatic heterocycles. The molecule has 46 heavy (non-hydrogen) atoms. The highest BCUT2D eigenvalue weighted by molar-refractivity contribution is 7.18. The number of nitrogens with zero attached hydrogens (tertiary/aromatic N) is 5. The lowest BCUT2D eigenvalue weighted by Gasteiger charge is -2.33. The molecule has 0 bridgehead atoms. The number of pyridine rings is 1. The molecule has 0 saturated heterocycles. The number of ether oxygens (including phenoxy) is 2. The molecule has 4 heterocycles. The van der Waals surface area contributed by atoms with Crippen molar-refractivity contribution < 1.29 is 23.0 Å². The van der Waals surface area contributed by atoms with Gasteiger partial charge < -0.3 is 19.3 Å². The number of halogens is 2. The maximum atomic E-state index is 16.0. The van der Waals surface area contributed by atoms with Gasteiger partial charge in [0.15, 0.2) is 0 Å². The largest absolute Gasteiger partial charge is 0.490 e. The van der Waals surface area contributed by atoms with E-state index in [-0.39, 0.29) is 36.5 Å². The molecular formula is C35H35F2N5O3S. The van der Waals surface area contributed by atoms with Crippen molar-refractivity contribution in [2.75, 3.05) is 41.0 Å². The number of benzene rings is 2. The van der Waals surface area contributed by atoms with Crippen LogP contribution in [-0.2, 0) is 22.6 Å². The first-order valence-electron chi connectivity index (χ1n) is 15.0. The number of hydrogen-bond acceptors (Lipinski definition) is 7. The molecule has 0 aliphatic carbocycles. The minimum absolute atomic E-state index is 0.0492. The van der Waals surface area contributed by atoms with E-state index in [4.69, 9.17) is 19.6 Å². The third-order valence-corrected chi connectivity index (χ3v) is 9.04. The minimum Gasteiger partial charge on any atom is -0.490 e. The summed E-state index contributed by atoms with van der Waals surface area (Å²) in [5, 5.41) is 7.70. The molecule has 0 radical (unpaired) electrons. The van der Waals surface area contributed by atoms with Crippen molar-refractivity contribution in [1.82, 2.24) is 24.6 Å². The quantitative estimate of drug-likeness (QED) is 0.121. The molecule has 8 nitrogen and oxygen atoms in total. The molecule has 0 N–H and O–H groups in total. The highest BCUT2D eigenvalue weighted by Crippen LogP contribution is 2.47. The fraction of sp³-hybridized carbons (Fsp3) is 0.286. The van der Waals surface area contributed by atoms with Crippen LogP contribution < -0.4 is 4.74 Å².